The molecular formula is C22H23NO. The Balaban J connectivity index is 1.93. The minimum absolute atomic E-state index is 0.459. The molecule has 0 aliphatic carbocycles. The van der Waals surface area contributed by atoms with E-state index in [-0.39, 0.29) is 0 Å². The van der Waals surface area contributed by atoms with Gasteiger partial charge in [-0.15, -0.1) is 0 Å². The number of aliphatic hydroxyl groups is 1. The van der Waals surface area contributed by atoms with Crippen molar-refractivity contribution in [3.8, 4) is 0 Å². The monoisotopic (exact) mass is 317 g/mol. The SMILES string of the molecule is NC(c1ccccc1)C(O)(Cc1ccccc1)Cc1ccccc1. The van der Waals surface area contributed by atoms with Crippen LogP contribution in [0.5, 0.6) is 0 Å². The second-order valence-electron chi connectivity index (χ2n) is 6.32. The van der Waals surface area contributed by atoms with Gasteiger partial charge in [0.2, 0.25) is 0 Å². The normalized spacial score (nSPS) is 12.8. The minimum atomic E-state index is -1.05. The van der Waals surface area contributed by atoms with Crippen LogP contribution in [0.1, 0.15) is 22.7 Å². The molecule has 3 rings (SSSR count). The van der Waals surface area contributed by atoms with E-state index in [4.69, 9.17) is 5.73 Å². The first-order valence-electron chi connectivity index (χ1n) is 8.28. The zero-order valence-electron chi connectivity index (χ0n) is 13.7. The van der Waals surface area contributed by atoms with Crippen LogP contribution in [0.2, 0.25) is 0 Å². The third-order valence-corrected chi connectivity index (χ3v) is 4.44. The molecule has 24 heavy (non-hydrogen) atoms. The highest BCUT2D eigenvalue weighted by Gasteiger charge is 2.35. The predicted octanol–water partition coefficient (Wildman–Crippen LogP) is 3.90. The molecule has 122 valence electrons. The highest BCUT2D eigenvalue weighted by molar-refractivity contribution is 5.28. The molecule has 0 radical (unpaired) electrons. The van der Waals surface area contributed by atoms with Gasteiger partial charge in [0.1, 0.15) is 0 Å². The molecule has 2 heteroatoms. The molecule has 3 aromatic carbocycles. The molecule has 3 N–H and O–H groups in total. The molecule has 3 aromatic rings. The van der Waals surface area contributed by atoms with E-state index in [1.807, 2.05) is 91.0 Å². The molecule has 0 amide bonds. The Labute approximate surface area is 143 Å². The summed E-state index contributed by atoms with van der Waals surface area (Å²) in [6, 6.07) is 29.5. The van der Waals surface area contributed by atoms with Gasteiger partial charge in [0.15, 0.2) is 0 Å². The van der Waals surface area contributed by atoms with Crippen LogP contribution in [0.15, 0.2) is 91.0 Å². The summed E-state index contributed by atoms with van der Waals surface area (Å²) in [6.07, 6.45) is 1.03. The third kappa shape index (κ3) is 3.91. The molecule has 0 heterocycles. The molecule has 0 saturated carbocycles. The first-order chi connectivity index (χ1) is 11.7. The smallest absolute Gasteiger partial charge is 0.0919 e. The average Bonchev–Trinajstić information content (AvgIpc) is 2.63. The summed E-state index contributed by atoms with van der Waals surface area (Å²) in [6.45, 7) is 0. The fourth-order valence-corrected chi connectivity index (χ4v) is 3.15. The molecule has 1 unspecified atom stereocenters. The van der Waals surface area contributed by atoms with Crippen LogP contribution in [-0.4, -0.2) is 10.7 Å². The van der Waals surface area contributed by atoms with Crippen LogP contribution in [0.25, 0.3) is 0 Å². The number of rotatable bonds is 6. The van der Waals surface area contributed by atoms with Gasteiger partial charge in [0, 0.05) is 12.8 Å². The Morgan fingerprint density at radius 1 is 0.667 bits per heavy atom. The fraction of sp³-hybridized carbons (Fsp3) is 0.182. The van der Waals surface area contributed by atoms with E-state index in [2.05, 4.69) is 0 Å². The van der Waals surface area contributed by atoms with Gasteiger partial charge >= 0.3 is 0 Å². The third-order valence-electron chi connectivity index (χ3n) is 4.44. The molecular weight excluding hydrogens is 294 g/mol. The van der Waals surface area contributed by atoms with Gasteiger partial charge in [-0.3, -0.25) is 0 Å². The quantitative estimate of drug-likeness (QED) is 0.724. The molecule has 0 fully saturated rings. The van der Waals surface area contributed by atoms with Crippen LogP contribution >= 0.6 is 0 Å². The topological polar surface area (TPSA) is 46.2 Å². The first-order valence-corrected chi connectivity index (χ1v) is 8.28. The van der Waals surface area contributed by atoms with Crippen molar-refractivity contribution in [1.29, 1.82) is 0 Å². The van der Waals surface area contributed by atoms with E-state index in [0.717, 1.165) is 16.7 Å². The van der Waals surface area contributed by atoms with Crippen molar-refractivity contribution in [3.63, 3.8) is 0 Å². The molecule has 1 atom stereocenters. The molecule has 0 spiro atoms. The maximum absolute atomic E-state index is 11.5. The lowest BCUT2D eigenvalue weighted by Crippen LogP contribution is -2.45. The maximum Gasteiger partial charge on any atom is 0.0919 e. The van der Waals surface area contributed by atoms with Crippen molar-refractivity contribution in [2.75, 3.05) is 0 Å². The summed E-state index contributed by atoms with van der Waals surface area (Å²) in [5, 5.41) is 11.5. The number of hydrogen-bond acceptors (Lipinski definition) is 2. The van der Waals surface area contributed by atoms with Crippen molar-refractivity contribution in [2.24, 2.45) is 5.73 Å². The molecule has 0 aliphatic rings. The maximum atomic E-state index is 11.5. The fourth-order valence-electron chi connectivity index (χ4n) is 3.15. The Kier molecular flexibility index (Phi) is 5.09. The van der Waals surface area contributed by atoms with Crippen molar-refractivity contribution in [3.05, 3.63) is 108 Å². The van der Waals surface area contributed by atoms with E-state index in [1.165, 1.54) is 0 Å². The molecule has 2 nitrogen and oxygen atoms in total. The Morgan fingerprint density at radius 3 is 1.46 bits per heavy atom. The summed E-state index contributed by atoms with van der Waals surface area (Å²) in [5.74, 6) is 0. The van der Waals surface area contributed by atoms with Gasteiger partial charge in [0.05, 0.1) is 11.6 Å². The lowest BCUT2D eigenvalue weighted by Gasteiger charge is -2.35. The summed E-state index contributed by atoms with van der Waals surface area (Å²) < 4.78 is 0. The summed E-state index contributed by atoms with van der Waals surface area (Å²) in [7, 11) is 0. The second kappa shape index (κ2) is 7.43. The predicted molar refractivity (Wildman–Crippen MR) is 98.6 cm³/mol. The van der Waals surface area contributed by atoms with Gasteiger partial charge in [-0.1, -0.05) is 91.0 Å². The van der Waals surface area contributed by atoms with Gasteiger partial charge in [-0.25, -0.2) is 0 Å². The number of nitrogens with two attached hydrogens (primary N) is 1. The van der Waals surface area contributed by atoms with E-state index in [9.17, 15) is 5.11 Å². The van der Waals surface area contributed by atoms with Crippen molar-refractivity contribution in [1.82, 2.24) is 0 Å². The van der Waals surface area contributed by atoms with Gasteiger partial charge in [-0.05, 0) is 16.7 Å². The highest BCUT2D eigenvalue weighted by Crippen LogP contribution is 2.31. The van der Waals surface area contributed by atoms with Crippen LogP contribution in [0.4, 0.5) is 0 Å². The van der Waals surface area contributed by atoms with Crippen molar-refractivity contribution < 1.29 is 5.11 Å². The van der Waals surface area contributed by atoms with Crippen molar-refractivity contribution in [2.45, 2.75) is 24.5 Å². The largest absolute Gasteiger partial charge is 0.387 e. The summed E-state index contributed by atoms with van der Waals surface area (Å²) in [5.41, 5.74) is 8.59. The number of hydrogen-bond donors (Lipinski definition) is 2. The Morgan fingerprint density at radius 2 is 1.04 bits per heavy atom. The molecule has 0 aliphatic heterocycles. The average molecular weight is 317 g/mol. The minimum Gasteiger partial charge on any atom is -0.387 e. The van der Waals surface area contributed by atoms with E-state index < -0.39 is 11.6 Å². The highest BCUT2D eigenvalue weighted by atomic mass is 16.3. The molecule has 0 bridgehead atoms. The van der Waals surface area contributed by atoms with Crippen LogP contribution < -0.4 is 5.73 Å². The lowest BCUT2D eigenvalue weighted by atomic mass is 9.79. The summed E-state index contributed by atoms with van der Waals surface area (Å²) >= 11 is 0. The second-order valence-corrected chi connectivity index (χ2v) is 6.32. The van der Waals surface area contributed by atoms with E-state index >= 15 is 0 Å². The Bertz CT molecular complexity index is 699. The van der Waals surface area contributed by atoms with Gasteiger partial charge in [0.25, 0.3) is 0 Å². The standard InChI is InChI=1S/C22H23NO/c23-21(20-14-8-3-9-15-20)22(24,16-18-10-4-1-5-11-18)17-19-12-6-2-7-13-19/h1-15,21,24H,16-17,23H2. The lowest BCUT2D eigenvalue weighted by molar-refractivity contribution is 0.0136. The Hall–Kier alpha value is -2.42. The number of benzene rings is 3. The molecule has 0 saturated heterocycles. The van der Waals surface area contributed by atoms with Crippen LogP contribution in [0, 0.1) is 0 Å². The first kappa shape index (κ1) is 16.4. The zero-order chi connectivity index (χ0) is 16.8. The van der Waals surface area contributed by atoms with Crippen molar-refractivity contribution >= 4 is 0 Å². The van der Waals surface area contributed by atoms with Gasteiger partial charge in [-0.2, -0.15) is 0 Å². The van der Waals surface area contributed by atoms with E-state index in [0.29, 0.717) is 12.8 Å². The van der Waals surface area contributed by atoms with E-state index in [1.54, 1.807) is 0 Å². The molecule has 0 aromatic heterocycles. The van der Waals surface area contributed by atoms with Gasteiger partial charge < -0.3 is 10.8 Å². The zero-order valence-corrected chi connectivity index (χ0v) is 13.7. The van der Waals surface area contributed by atoms with Crippen LogP contribution in [0.3, 0.4) is 0 Å². The summed E-state index contributed by atoms with van der Waals surface area (Å²) in [4.78, 5) is 0. The van der Waals surface area contributed by atoms with Crippen LogP contribution in [-0.2, 0) is 12.8 Å².